The van der Waals surface area contributed by atoms with Crippen LogP contribution in [0.3, 0.4) is 0 Å². The standard InChI is InChI=1S/C30H27NO5/c1-5-14-35-23-13-12-20(17-25(23)34-6-2)27-26-28(32)22-15-18(3)19(4)16-24(22)36-29(26)30(33)31(27)21-10-8-7-9-11-21/h5,7-13,15-17,27H,1,6,14H2,2-4H3. The first-order valence-electron chi connectivity index (χ1n) is 11.9. The fourth-order valence-electron chi connectivity index (χ4n) is 4.63. The number of nitrogens with zero attached hydrogens (tertiary/aromatic N) is 1. The maximum absolute atomic E-state index is 13.9. The normalized spacial score (nSPS) is 14.7. The molecule has 0 fully saturated rings. The van der Waals surface area contributed by atoms with Gasteiger partial charge >= 0.3 is 0 Å². The average molecular weight is 482 g/mol. The molecule has 4 aromatic rings. The summed E-state index contributed by atoms with van der Waals surface area (Å²) in [5, 5.41) is 0.459. The van der Waals surface area contributed by atoms with Gasteiger partial charge in [0.25, 0.3) is 5.91 Å². The first kappa shape index (κ1) is 23.4. The largest absolute Gasteiger partial charge is 0.490 e. The minimum Gasteiger partial charge on any atom is -0.490 e. The summed E-state index contributed by atoms with van der Waals surface area (Å²) in [6.07, 6.45) is 1.66. The van der Waals surface area contributed by atoms with E-state index in [9.17, 15) is 9.59 Å². The first-order valence-corrected chi connectivity index (χ1v) is 11.9. The van der Waals surface area contributed by atoms with Crippen LogP contribution < -0.4 is 19.8 Å². The molecule has 1 atom stereocenters. The van der Waals surface area contributed by atoms with Crippen molar-refractivity contribution in [3.8, 4) is 11.5 Å². The van der Waals surface area contributed by atoms with E-state index in [0.29, 0.717) is 46.9 Å². The van der Waals surface area contributed by atoms with Gasteiger partial charge in [0.05, 0.1) is 23.6 Å². The molecule has 0 spiro atoms. The molecule has 0 aliphatic carbocycles. The molecule has 0 saturated carbocycles. The zero-order valence-corrected chi connectivity index (χ0v) is 20.5. The molecule has 1 aromatic heterocycles. The Bertz CT molecular complexity index is 1540. The molecule has 3 aromatic carbocycles. The van der Waals surface area contributed by atoms with E-state index in [-0.39, 0.29) is 17.1 Å². The number of hydrogen-bond donors (Lipinski definition) is 0. The van der Waals surface area contributed by atoms with Gasteiger partial charge in [0.1, 0.15) is 12.2 Å². The van der Waals surface area contributed by atoms with Crippen LogP contribution in [0.1, 0.15) is 45.8 Å². The van der Waals surface area contributed by atoms with Gasteiger partial charge in [-0.25, -0.2) is 0 Å². The predicted octanol–water partition coefficient (Wildman–Crippen LogP) is 6.12. The monoisotopic (exact) mass is 481 g/mol. The lowest BCUT2D eigenvalue weighted by Crippen LogP contribution is -2.29. The van der Waals surface area contributed by atoms with E-state index in [1.807, 2.05) is 75.4 Å². The highest BCUT2D eigenvalue weighted by Gasteiger charge is 2.44. The number of amides is 1. The Labute approximate surface area is 209 Å². The topological polar surface area (TPSA) is 69.0 Å². The zero-order chi connectivity index (χ0) is 25.4. The van der Waals surface area contributed by atoms with E-state index >= 15 is 0 Å². The van der Waals surface area contributed by atoms with Crippen molar-refractivity contribution in [1.82, 2.24) is 0 Å². The molecule has 1 aliphatic heterocycles. The highest BCUT2D eigenvalue weighted by atomic mass is 16.5. The number of aryl methyl sites for hydroxylation is 2. The fraction of sp³-hybridized carbons (Fsp3) is 0.200. The second kappa shape index (κ2) is 9.38. The summed E-state index contributed by atoms with van der Waals surface area (Å²) in [6, 6.07) is 17.7. The average Bonchev–Trinajstić information content (AvgIpc) is 3.17. The Morgan fingerprint density at radius 3 is 2.44 bits per heavy atom. The smallest absolute Gasteiger partial charge is 0.295 e. The molecule has 0 saturated heterocycles. The molecule has 1 amide bonds. The maximum Gasteiger partial charge on any atom is 0.295 e. The number of hydrogen-bond acceptors (Lipinski definition) is 5. The van der Waals surface area contributed by atoms with Crippen molar-refractivity contribution < 1.29 is 18.7 Å². The van der Waals surface area contributed by atoms with Crippen molar-refractivity contribution in [1.29, 1.82) is 0 Å². The van der Waals surface area contributed by atoms with Gasteiger partial charge < -0.3 is 13.9 Å². The number of rotatable bonds is 7. The quantitative estimate of drug-likeness (QED) is 0.297. The van der Waals surface area contributed by atoms with E-state index < -0.39 is 6.04 Å². The van der Waals surface area contributed by atoms with Crippen LogP contribution in [0.4, 0.5) is 5.69 Å². The van der Waals surface area contributed by atoms with Crippen molar-refractivity contribution in [2.45, 2.75) is 26.8 Å². The van der Waals surface area contributed by atoms with Gasteiger partial charge in [0, 0.05) is 5.69 Å². The Hall–Kier alpha value is -4.32. The van der Waals surface area contributed by atoms with Crippen LogP contribution in [0.15, 0.2) is 82.5 Å². The Kier molecular flexibility index (Phi) is 6.10. The van der Waals surface area contributed by atoms with Crippen LogP contribution in [0, 0.1) is 13.8 Å². The summed E-state index contributed by atoms with van der Waals surface area (Å²) in [4.78, 5) is 29.3. The fourth-order valence-corrected chi connectivity index (χ4v) is 4.63. The second-order valence-electron chi connectivity index (χ2n) is 8.76. The van der Waals surface area contributed by atoms with Crippen LogP contribution in [0.2, 0.25) is 0 Å². The molecule has 36 heavy (non-hydrogen) atoms. The molecule has 6 heteroatoms. The van der Waals surface area contributed by atoms with Crippen LogP contribution in [0.25, 0.3) is 11.0 Å². The highest BCUT2D eigenvalue weighted by Crippen LogP contribution is 2.43. The van der Waals surface area contributed by atoms with E-state index in [0.717, 1.165) is 16.7 Å². The SMILES string of the molecule is C=CCOc1ccc(C2c3c(oc4cc(C)c(C)cc4c3=O)C(=O)N2c2ccccc2)cc1OCC. The molecule has 0 N–H and O–H groups in total. The number of carbonyl (C=O) groups excluding carboxylic acids is 1. The van der Waals surface area contributed by atoms with Crippen molar-refractivity contribution in [3.63, 3.8) is 0 Å². The van der Waals surface area contributed by atoms with E-state index in [2.05, 4.69) is 6.58 Å². The third-order valence-electron chi connectivity index (χ3n) is 6.46. The molecule has 2 heterocycles. The lowest BCUT2D eigenvalue weighted by molar-refractivity contribution is 0.0971. The van der Waals surface area contributed by atoms with Gasteiger partial charge in [-0.05, 0) is 73.9 Å². The van der Waals surface area contributed by atoms with Crippen molar-refractivity contribution >= 4 is 22.6 Å². The number of anilines is 1. The molecular formula is C30H27NO5. The Morgan fingerprint density at radius 2 is 1.72 bits per heavy atom. The van der Waals surface area contributed by atoms with Crippen LogP contribution in [-0.4, -0.2) is 19.1 Å². The van der Waals surface area contributed by atoms with Crippen molar-refractivity contribution in [2.24, 2.45) is 0 Å². The van der Waals surface area contributed by atoms with Crippen LogP contribution in [0.5, 0.6) is 11.5 Å². The van der Waals surface area contributed by atoms with Crippen LogP contribution in [-0.2, 0) is 0 Å². The lowest BCUT2D eigenvalue weighted by Gasteiger charge is -2.26. The molecule has 1 unspecified atom stereocenters. The molecule has 0 radical (unpaired) electrons. The Morgan fingerprint density at radius 1 is 0.972 bits per heavy atom. The summed E-state index contributed by atoms with van der Waals surface area (Å²) < 4.78 is 17.7. The summed E-state index contributed by atoms with van der Waals surface area (Å²) in [5.74, 6) is 0.799. The molecular weight excluding hydrogens is 454 g/mol. The first-order chi connectivity index (χ1) is 17.4. The van der Waals surface area contributed by atoms with E-state index in [1.165, 1.54) is 0 Å². The number of carbonyl (C=O) groups is 1. The number of para-hydroxylation sites is 1. The third kappa shape index (κ3) is 3.85. The van der Waals surface area contributed by atoms with Crippen molar-refractivity contribution in [2.75, 3.05) is 18.1 Å². The minimum absolute atomic E-state index is 0.0644. The number of benzene rings is 3. The van der Waals surface area contributed by atoms with Gasteiger partial charge in [-0.1, -0.05) is 36.9 Å². The summed E-state index contributed by atoms with van der Waals surface area (Å²) in [7, 11) is 0. The van der Waals surface area contributed by atoms with Crippen LogP contribution >= 0.6 is 0 Å². The third-order valence-corrected chi connectivity index (χ3v) is 6.46. The van der Waals surface area contributed by atoms with Gasteiger partial charge in [0.15, 0.2) is 16.9 Å². The van der Waals surface area contributed by atoms with Gasteiger partial charge in [-0.2, -0.15) is 0 Å². The molecule has 1 aliphatic rings. The number of fused-ring (bicyclic) bond motifs is 2. The molecule has 5 rings (SSSR count). The van der Waals surface area contributed by atoms with Gasteiger partial charge in [-0.3, -0.25) is 14.5 Å². The van der Waals surface area contributed by atoms with E-state index in [4.69, 9.17) is 13.9 Å². The van der Waals surface area contributed by atoms with Gasteiger partial charge in [-0.15, -0.1) is 0 Å². The highest BCUT2D eigenvalue weighted by molar-refractivity contribution is 6.10. The maximum atomic E-state index is 13.9. The number of ether oxygens (including phenoxy) is 2. The van der Waals surface area contributed by atoms with Crippen molar-refractivity contribution in [3.05, 3.63) is 112 Å². The van der Waals surface area contributed by atoms with E-state index in [1.54, 1.807) is 17.0 Å². The second-order valence-corrected chi connectivity index (χ2v) is 8.76. The summed E-state index contributed by atoms with van der Waals surface area (Å²) >= 11 is 0. The molecule has 6 nitrogen and oxygen atoms in total. The molecule has 182 valence electrons. The van der Waals surface area contributed by atoms with Gasteiger partial charge in [0.2, 0.25) is 5.76 Å². The zero-order valence-electron chi connectivity index (χ0n) is 20.5. The predicted molar refractivity (Wildman–Crippen MR) is 140 cm³/mol. The lowest BCUT2D eigenvalue weighted by atomic mass is 9.97. The minimum atomic E-state index is -0.690. The Balaban J connectivity index is 1.76. The summed E-state index contributed by atoms with van der Waals surface area (Å²) in [5.41, 5.74) is 3.88. The summed E-state index contributed by atoms with van der Waals surface area (Å²) in [6.45, 7) is 10.3. The molecule has 0 bridgehead atoms.